The molecule has 0 aromatic heterocycles. The first-order valence-corrected chi connectivity index (χ1v) is 7.02. The number of carbonyl (C=O) groups is 1. The van der Waals surface area contributed by atoms with Gasteiger partial charge in [0.05, 0.1) is 17.9 Å². The smallest absolute Gasteiger partial charge is 0.340 e. The summed E-state index contributed by atoms with van der Waals surface area (Å²) in [7, 11) is 2.10. The van der Waals surface area contributed by atoms with Gasteiger partial charge in [0.25, 0.3) is 0 Å². The Balaban J connectivity index is 1.93. The number of esters is 1. The summed E-state index contributed by atoms with van der Waals surface area (Å²) >= 11 is 0. The maximum atomic E-state index is 11.7. The molecule has 1 fully saturated rings. The van der Waals surface area contributed by atoms with Gasteiger partial charge < -0.3 is 20.1 Å². The zero-order chi connectivity index (χ0) is 14.5. The van der Waals surface area contributed by atoms with Gasteiger partial charge in [-0.2, -0.15) is 0 Å². The highest BCUT2D eigenvalue weighted by Gasteiger charge is 2.25. The summed E-state index contributed by atoms with van der Waals surface area (Å²) < 4.78 is 10.6. The lowest BCUT2D eigenvalue weighted by Crippen LogP contribution is -2.26. The van der Waals surface area contributed by atoms with Gasteiger partial charge in [-0.1, -0.05) is 6.07 Å². The van der Waals surface area contributed by atoms with Crippen molar-refractivity contribution in [3.8, 4) is 5.75 Å². The van der Waals surface area contributed by atoms with Gasteiger partial charge in [-0.05, 0) is 38.9 Å². The first-order valence-electron chi connectivity index (χ1n) is 7.02. The standard InChI is InChI=1S/C15H22N2O3/c1-3-19-15(18)12-5-4-6-13(14(12)16)20-10-9-17(2)11-7-8-11/h4-6,11H,3,7-10,16H2,1-2H3. The van der Waals surface area contributed by atoms with Crippen LogP contribution >= 0.6 is 0 Å². The topological polar surface area (TPSA) is 64.8 Å². The Bertz CT molecular complexity index is 472. The van der Waals surface area contributed by atoms with E-state index in [1.54, 1.807) is 25.1 Å². The monoisotopic (exact) mass is 278 g/mol. The van der Waals surface area contributed by atoms with Crippen LogP contribution in [0.25, 0.3) is 0 Å². The van der Waals surface area contributed by atoms with Crippen LogP contribution in [0.4, 0.5) is 5.69 Å². The van der Waals surface area contributed by atoms with Crippen molar-refractivity contribution < 1.29 is 14.3 Å². The summed E-state index contributed by atoms with van der Waals surface area (Å²) in [5.74, 6) is 0.130. The number of nitrogens with zero attached hydrogens (tertiary/aromatic N) is 1. The fourth-order valence-corrected chi connectivity index (χ4v) is 2.05. The number of nitrogen functional groups attached to an aromatic ring is 1. The molecule has 0 atom stereocenters. The van der Waals surface area contributed by atoms with Crippen molar-refractivity contribution in [3.05, 3.63) is 23.8 Å². The average Bonchev–Trinajstić information content (AvgIpc) is 3.25. The quantitative estimate of drug-likeness (QED) is 0.610. The molecule has 2 rings (SSSR count). The maximum Gasteiger partial charge on any atom is 0.340 e. The summed E-state index contributed by atoms with van der Waals surface area (Å²) in [6, 6.07) is 5.88. The molecule has 5 nitrogen and oxygen atoms in total. The normalized spacial score (nSPS) is 14.3. The van der Waals surface area contributed by atoms with Crippen molar-refractivity contribution in [1.29, 1.82) is 0 Å². The number of para-hydroxylation sites is 1. The summed E-state index contributed by atoms with van der Waals surface area (Å²) in [5, 5.41) is 0. The molecule has 0 saturated heterocycles. The second-order valence-electron chi connectivity index (χ2n) is 5.00. The lowest BCUT2D eigenvalue weighted by Gasteiger charge is -2.17. The first kappa shape index (κ1) is 14.7. The molecule has 2 N–H and O–H groups in total. The molecule has 0 spiro atoms. The predicted octanol–water partition coefficient (Wildman–Crippen LogP) is 1.92. The van der Waals surface area contributed by atoms with Gasteiger partial charge in [-0.25, -0.2) is 4.79 Å². The number of anilines is 1. The SMILES string of the molecule is CCOC(=O)c1cccc(OCCN(C)C2CC2)c1N. The molecule has 0 amide bonds. The molecule has 0 radical (unpaired) electrons. The molecule has 0 bridgehead atoms. The Kier molecular flexibility index (Phi) is 4.84. The molecule has 1 aromatic carbocycles. The molecule has 1 aliphatic rings. The van der Waals surface area contributed by atoms with Gasteiger partial charge in [-0.3, -0.25) is 0 Å². The highest BCUT2D eigenvalue weighted by molar-refractivity contribution is 5.96. The molecule has 20 heavy (non-hydrogen) atoms. The van der Waals surface area contributed by atoms with E-state index in [0.29, 0.717) is 36.3 Å². The van der Waals surface area contributed by atoms with Crippen LogP contribution in [-0.2, 0) is 4.74 Å². The zero-order valence-electron chi connectivity index (χ0n) is 12.1. The van der Waals surface area contributed by atoms with Crippen LogP contribution in [0.15, 0.2) is 18.2 Å². The van der Waals surface area contributed by atoms with Crippen LogP contribution < -0.4 is 10.5 Å². The van der Waals surface area contributed by atoms with E-state index in [2.05, 4.69) is 11.9 Å². The van der Waals surface area contributed by atoms with Crippen molar-refractivity contribution in [3.63, 3.8) is 0 Å². The molecule has 0 heterocycles. The number of hydrogen-bond donors (Lipinski definition) is 1. The van der Waals surface area contributed by atoms with E-state index < -0.39 is 5.97 Å². The van der Waals surface area contributed by atoms with E-state index in [1.165, 1.54) is 12.8 Å². The fraction of sp³-hybridized carbons (Fsp3) is 0.533. The number of likely N-dealkylation sites (N-methyl/N-ethyl adjacent to an activating group) is 1. The maximum absolute atomic E-state index is 11.7. The van der Waals surface area contributed by atoms with Gasteiger partial charge in [0.1, 0.15) is 12.4 Å². The van der Waals surface area contributed by atoms with Gasteiger partial charge >= 0.3 is 5.97 Å². The van der Waals surface area contributed by atoms with Crippen molar-refractivity contribution in [2.24, 2.45) is 0 Å². The second-order valence-corrected chi connectivity index (χ2v) is 5.00. The van der Waals surface area contributed by atoms with Gasteiger partial charge in [-0.15, -0.1) is 0 Å². The molecule has 1 aliphatic carbocycles. The predicted molar refractivity (Wildman–Crippen MR) is 78.0 cm³/mol. The minimum absolute atomic E-state index is 0.329. The van der Waals surface area contributed by atoms with E-state index in [9.17, 15) is 4.79 Å². The summed E-state index contributed by atoms with van der Waals surface area (Å²) in [5.41, 5.74) is 6.67. The highest BCUT2D eigenvalue weighted by Crippen LogP contribution is 2.27. The zero-order valence-corrected chi connectivity index (χ0v) is 12.1. The Hall–Kier alpha value is -1.75. The van der Waals surface area contributed by atoms with Gasteiger partial charge in [0.15, 0.2) is 0 Å². The number of rotatable bonds is 7. The van der Waals surface area contributed by atoms with Crippen molar-refractivity contribution >= 4 is 11.7 Å². The fourth-order valence-electron chi connectivity index (χ4n) is 2.05. The number of nitrogens with two attached hydrogens (primary N) is 1. The largest absolute Gasteiger partial charge is 0.490 e. The molecule has 110 valence electrons. The van der Waals surface area contributed by atoms with E-state index in [0.717, 1.165) is 6.54 Å². The number of ether oxygens (including phenoxy) is 2. The highest BCUT2D eigenvalue weighted by atomic mass is 16.5. The molecular formula is C15H22N2O3. The molecule has 1 saturated carbocycles. The van der Waals surface area contributed by atoms with Crippen LogP contribution in [0.2, 0.25) is 0 Å². The number of carbonyl (C=O) groups excluding carboxylic acids is 1. The average molecular weight is 278 g/mol. The summed E-state index contributed by atoms with van der Waals surface area (Å²) in [6.45, 7) is 3.51. The van der Waals surface area contributed by atoms with Crippen LogP contribution in [-0.4, -0.2) is 43.7 Å². The lowest BCUT2D eigenvalue weighted by molar-refractivity contribution is 0.0527. The Morgan fingerprint density at radius 2 is 2.20 bits per heavy atom. The third-order valence-electron chi connectivity index (χ3n) is 3.43. The van der Waals surface area contributed by atoms with Crippen LogP contribution in [0, 0.1) is 0 Å². The Morgan fingerprint density at radius 3 is 2.85 bits per heavy atom. The van der Waals surface area contributed by atoms with Crippen LogP contribution in [0.3, 0.4) is 0 Å². The van der Waals surface area contributed by atoms with Gasteiger partial charge in [0, 0.05) is 12.6 Å². The van der Waals surface area contributed by atoms with Crippen LogP contribution in [0.1, 0.15) is 30.1 Å². The second kappa shape index (κ2) is 6.61. The molecule has 0 unspecified atom stereocenters. The van der Waals surface area contributed by atoms with Crippen molar-refractivity contribution in [1.82, 2.24) is 4.90 Å². The van der Waals surface area contributed by atoms with Crippen molar-refractivity contribution in [2.45, 2.75) is 25.8 Å². The molecule has 0 aliphatic heterocycles. The van der Waals surface area contributed by atoms with Crippen molar-refractivity contribution in [2.75, 3.05) is 32.5 Å². The third kappa shape index (κ3) is 3.63. The minimum atomic E-state index is -0.412. The molecule has 1 aromatic rings. The Morgan fingerprint density at radius 1 is 1.45 bits per heavy atom. The van der Waals surface area contributed by atoms with E-state index in [4.69, 9.17) is 15.2 Å². The van der Waals surface area contributed by atoms with Gasteiger partial charge in [0.2, 0.25) is 0 Å². The third-order valence-corrected chi connectivity index (χ3v) is 3.43. The van der Waals surface area contributed by atoms with E-state index >= 15 is 0 Å². The summed E-state index contributed by atoms with van der Waals surface area (Å²) in [6.07, 6.45) is 2.55. The number of benzene rings is 1. The van der Waals surface area contributed by atoms with E-state index in [1.807, 2.05) is 0 Å². The first-order chi connectivity index (χ1) is 9.63. The molecule has 5 heteroatoms. The lowest BCUT2D eigenvalue weighted by atomic mass is 10.1. The number of hydrogen-bond acceptors (Lipinski definition) is 5. The summed E-state index contributed by atoms with van der Waals surface area (Å²) in [4.78, 5) is 14.0. The molecular weight excluding hydrogens is 256 g/mol. The minimum Gasteiger partial charge on any atom is -0.490 e. The van der Waals surface area contributed by atoms with E-state index in [-0.39, 0.29) is 0 Å². The van der Waals surface area contributed by atoms with Crippen LogP contribution in [0.5, 0.6) is 5.75 Å². The Labute approximate surface area is 119 Å².